The molecule has 3 heteroatoms. The van der Waals surface area contributed by atoms with Crippen LogP contribution in [0.4, 0.5) is 0 Å². The first-order chi connectivity index (χ1) is 6.56. The van der Waals surface area contributed by atoms with Crippen LogP contribution in [0.1, 0.15) is 13.3 Å². The summed E-state index contributed by atoms with van der Waals surface area (Å²) in [7, 11) is 1.61. The summed E-state index contributed by atoms with van der Waals surface area (Å²) in [5, 5.41) is 0.776. The Hall–Kier alpha value is -0.700. The number of allylic oxidation sites excluding steroid dienone is 2. The molecule has 1 rings (SSSR count). The highest BCUT2D eigenvalue weighted by atomic mass is 79.9. The Morgan fingerprint density at radius 3 is 2.86 bits per heavy atom. The summed E-state index contributed by atoms with van der Waals surface area (Å²) in [4.78, 5) is 0. The molecule has 0 aromatic carbocycles. The van der Waals surface area contributed by atoms with Crippen LogP contribution in [0.2, 0.25) is 0 Å². The summed E-state index contributed by atoms with van der Waals surface area (Å²) in [5.41, 5.74) is 0.796. The van der Waals surface area contributed by atoms with Crippen LogP contribution >= 0.6 is 15.9 Å². The van der Waals surface area contributed by atoms with E-state index in [1.807, 2.05) is 6.92 Å². The van der Waals surface area contributed by atoms with E-state index < -0.39 is 0 Å². The molecule has 1 aliphatic heterocycles. The topological polar surface area (TPSA) is 18.5 Å². The van der Waals surface area contributed by atoms with Gasteiger partial charge in [0.15, 0.2) is 0 Å². The Kier molecular flexibility index (Phi) is 3.43. The molecule has 0 aromatic rings. The van der Waals surface area contributed by atoms with Gasteiger partial charge in [-0.3, -0.25) is 0 Å². The molecular weight excluding hydrogens is 244 g/mol. The van der Waals surface area contributed by atoms with Crippen molar-refractivity contribution in [2.45, 2.75) is 18.9 Å². The van der Waals surface area contributed by atoms with Crippen LogP contribution in [0.5, 0.6) is 0 Å². The van der Waals surface area contributed by atoms with Gasteiger partial charge < -0.3 is 9.47 Å². The Morgan fingerprint density at radius 2 is 2.43 bits per heavy atom. The molecule has 0 radical (unpaired) electrons. The summed E-state index contributed by atoms with van der Waals surface area (Å²) < 4.78 is 10.9. The van der Waals surface area contributed by atoms with Crippen molar-refractivity contribution in [3.8, 4) is 0 Å². The highest BCUT2D eigenvalue weighted by Gasteiger charge is 2.35. The normalized spacial score (nSPS) is 25.9. The fourth-order valence-electron chi connectivity index (χ4n) is 1.42. The molecule has 0 saturated heterocycles. The van der Waals surface area contributed by atoms with Crippen molar-refractivity contribution in [3.05, 3.63) is 36.3 Å². The van der Waals surface area contributed by atoms with Gasteiger partial charge in [-0.2, -0.15) is 0 Å². The van der Waals surface area contributed by atoms with Crippen molar-refractivity contribution in [1.29, 1.82) is 0 Å². The molecule has 0 bridgehead atoms. The standard InChI is InChI=1S/C11H15BrO2/c1-5-10-9(8(2)13-4)6-11(3,7-12)14-10/h5H,1-2,6-7H2,3-4H3. The molecule has 0 fully saturated rings. The molecule has 0 amide bonds. The second kappa shape index (κ2) is 4.22. The highest BCUT2D eigenvalue weighted by molar-refractivity contribution is 9.09. The number of ether oxygens (including phenoxy) is 2. The largest absolute Gasteiger partial charge is 0.497 e. The van der Waals surface area contributed by atoms with Crippen molar-refractivity contribution >= 4 is 15.9 Å². The zero-order valence-corrected chi connectivity index (χ0v) is 10.2. The molecule has 2 nitrogen and oxygen atoms in total. The van der Waals surface area contributed by atoms with Crippen LogP contribution in [0.15, 0.2) is 36.3 Å². The third-order valence-electron chi connectivity index (χ3n) is 2.26. The van der Waals surface area contributed by atoms with Gasteiger partial charge in [-0.05, 0) is 13.0 Å². The lowest BCUT2D eigenvalue weighted by Gasteiger charge is -2.21. The molecule has 1 unspecified atom stereocenters. The van der Waals surface area contributed by atoms with Gasteiger partial charge in [-0.15, -0.1) is 0 Å². The zero-order chi connectivity index (χ0) is 10.8. The molecule has 1 aliphatic rings. The lowest BCUT2D eigenvalue weighted by molar-refractivity contribution is 0.0740. The van der Waals surface area contributed by atoms with Crippen molar-refractivity contribution in [1.82, 2.24) is 0 Å². The average molecular weight is 259 g/mol. The highest BCUT2D eigenvalue weighted by Crippen LogP contribution is 2.38. The van der Waals surface area contributed by atoms with Crippen molar-refractivity contribution in [2.75, 3.05) is 12.4 Å². The lowest BCUT2D eigenvalue weighted by Crippen LogP contribution is -2.25. The van der Waals surface area contributed by atoms with Gasteiger partial charge in [0, 0.05) is 17.3 Å². The molecule has 0 spiro atoms. The monoisotopic (exact) mass is 258 g/mol. The quantitative estimate of drug-likeness (QED) is 0.570. The number of alkyl halides is 1. The Bertz CT molecular complexity index is 294. The Morgan fingerprint density at radius 1 is 1.79 bits per heavy atom. The molecular formula is C11H15BrO2. The van der Waals surface area contributed by atoms with Crippen LogP contribution < -0.4 is 0 Å². The number of hydrogen-bond acceptors (Lipinski definition) is 2. The van der Waals surface area contributed by atoms with Gasteiger partial charge in [0.05, 0.1) is 7.11 Å². The molecule has 0 saturated carbocycles. The van der Waals surface area contributed by atoms with E-state index in [1.165, 1.54) is 0 Å². The summed E-state index contributed by atoms with van der Waals surface area (Å²) in [6, 6.07) is 0. The SMILES string of the molecule is C=CC1=C(C(=C)OC)CC(C)(CBr)O1. The second-order valence-corrected chi connectivity index (χ2v) is 4.10. The van der Waals surface area contributed by atoms with E-state index in [4.69, 9.17) is 9.47 Å². The van der Waals surface area contributed by atoms with Gasteiger partial charge in [-0.25, -0.2) is 0 Å². The van der Waals surface area contributed by atoms with E-state index in [0.29, 0.717) is 5.76 Å². The van der Waals surface area contributed by atoms with E-state index in [2.05, 4.69) is 29.1 Å². The molecule has 1 atom stereocenters. The van der Waals surface area contributed by atoms with E-state index >= 15 is 0 Å². The molecule has 1 heterocycles. The van der Waals surface area contributed by atoms with Gasteiger partial charge in [0.2, 0.25) is 0 Å². The van der Waals surface area contributed by atoms with Crippen LogP contribution in [0.3, 0.4) is 0 Å². The smallest absolute Gasteiger partial charge is 0.126 e. The predicted molar refractivity (Wildman–Crippen MR) is 61.3 cm³/mol. The van der Waals surface area contributed by atoms with E-state index in [9.17, 15) is 0 Å². The van der Waals surface area contributed by atoms with Crippen molar-refractivity contribution in [2.24, 2.45) is 0 Å². The lowest BCUT2D eigenvalue weighted by atomic mass is 10.00. The first-order valence-corrected chi connectivity index (χ1v) is 5.52. The van der Waals surface area contributed by atoms with E-state index in [1.54, 1.807) is 13.2 Å². The number of halogens is 1. The summed E-state index contributed by atoms with van der Waals surface area (Å²) in [5.74, 6) is 1.43. The number of hydrogen-bond donors (Lipinski definition) is 0. The maximum atomic E-state index is 5.76. The van der Waals surface area contributed by atoms with Crippen LogP contribution in [-0.2, 0) is 9.47 Å². The van der Waals surface area contributed by atoms with Gasteiger partial charge in [0.25, 0.3) is 0 Å². The molecule has 0 aliphatic carbocycles. The average Bonchev–Trinajstić information content (AvgIpc) is 2.55. The Balaban J connectivity index is 2.92. The third kappa shape index (κ3) is 2.03. The fraction of sp³-hybridized carbons (Fsp3) is 0.455. The zero-order valence-electron chi connectivity index (χ0n) is 8.60. The number of methoxy groups -OCH3 is 1. The maximum absolute atomic E-state index is 5.76. The van der Waals surface area contributed by atoms with Crippen LogP contribution in [-0.4, -0.2) is 18.0 Å². The minimum atomic E-state index is -0.208. The van der Waals surface area contributed by atoms with Gasteiger partial charge in [-0.1, -0.05) is 29.1 Å². The minimum absolute atomic E-state index is 0.208. The second-order valence-electron chi connectivity index (χ2n) is 3.54. The van der Waals surface area contributed by atoms with Crippen LogP contribution in [0, 0.1) is 0 Å². The summed E-state index contributed by atoms with van der Waals surface area (Å²) in [6.45, 7) is 9.59. The maximum Gasteiger partial charge on any atom is 0.126 e. The first-order valence-electron chi connectivity index (χ1n) is 4.40. The number of rotatable bonds is 4. The van der Waals surface area contributed by atoms with Crippen molar-refractivity contribution in [3.63, 3.8) is 0 Å². The summed E-state index contributed by atoms with van der Waals surface area (Å²) in [6.07, 6.45) is 2.50. The predicted octanol–water partition coefficient (Wildman–Crippen LogP) is 3.16. The molecule has 0 aromatic heterocycles. The van der Waals surface area contributed by atoms with Crippen molar-refractivity contribution < 1.29 is 9.47 Å². The minimum Gasteiger partial charge on any atom is -0.497 e. The van der Waals surface area contributed by atoms with Gasteiger partial charge >= 0.3 is 0 Å². The molecule has 14 heavy (non-hydrogen) atoms. The fourth-order valence-corrected chi connectivity index (χ4v) is 1.74. The Labute approximate surface area is 93.4 Å². The third-order valence-corrected chi connectivity index (χ3v) is 3.44. The summed E-state index contributed by atoms with van der Waals surface area (Å²) >= 11 is 3.43. The van der Waals surface area contributed by atoms with Gasteiger partial charge in [0.1, 0.15) is 17.1 Å². The van der Waals surface area contributed by atoms with E-state index in [-0.39, 0.29) is 5.60 Å². The molecule has 0 N–H and O–H groups in total. The van der Waals surface area contributed by atoms with Crippen LogP contribution in [0.25, 0.3) is 0 Å². The van der Waals surface area contributed by atoms with E-state index in [0.717, 1.165) is 23.1 Å². The first kappa shape index (κ1) is 11.4. The molecule has 78 valence electrons.